The second-order valence-electron chi connectivity index (χ2n) is 9.18. The van der Waals surface area contributed by atoms with Crippen LogP contribution in [0.4, 0.5) is 17.6 Å². The van der Waals surface area contributed by atoms with E-state index in [0.29, 0.717) is 25.7 Å². The summed E-state index contributed by atoms with van der Waals surface area (Å²) >= 11 is 0. The number of hydrogen-bond donors (Lipinski definition) is 1. The number of alkyl halides is 4. The minimum absolute atomic E-state index is 0.0667. The fraction of sp³-hybridized carbons (Fsp3) is 0.789. The van der Waals surface area contributed by atoms with Gasteiger partial charge >= 0.3 is 33.2 Å². The van der Waals surface area contributed by atoms with Crippen molar-refractivity contribution in [2.75, 3.05) is 6.61 Å². The first-order chi connectivity index (χ1) is 14.0. The van der Waals surface area contributed by atoms with Gasteiger partial charge in [0, 0.05) is 12.0 Å². The van der Waals surface area contributed by atoms with Crippen molar-refractivity contribution in [3.8, 4) is 0 Å². The zero-order valence-electron chi connectivity index (χ0n) is 16.8. The van der Waals surface area contributed by atoms with Gasteiger partial charge in [0.2, 0.25) is 0 Å². The van der Waals surface area contributed by atoms with Gasteiger partial charge in [0.05, 0.1) is 18.4 Å². The average molecular weight is 472 g/mol. The average Bonchev–Trinajstić information content (AvgIpc) is 2.58. The molecule has 0 amide bonds. The van der Waals surface area contributed by atoms with Crippen LogP contribution >= 0.6 is 0 Å². The molecular weight excluding hydrogens is 448 g/mol. The van der Waals surface area contributed by atoms with E-state index in [-0.39, 0.29) is 23.8 Å². The maximum Gasteiger partial charge on any atom is 0.431 e. The molecule has 0 aromatic rings. The van der Waals surface area contributed by atoms with Gasteiger partial charge in [0.15, 0.2) is 0 Å². The predicted octanol–water partition coefficient (Wildman–Crippen LogP) is 3.49. The molecule has 4 rings (SSSR count). The van der Waals surface area contributed by atoms with Crippen LogP contribution in [0.3, 0.4) is 0 Å². The summed E-state index contributed by atoms with van der Waals surface area (Å²) in [5.74, 6) is -6.45. The number of ether oxygens (including phenoxy) is 2. The van der Waals surface area contributed by atoms with E-state index in [1.54, 1.807) is 0 Å². The van der Waals surface area contributed by atoms with Crippen LogP contribution in [0.2, 0.25) is 0 Å². The number of rotatable bonds is 8. The van der Waals surface area contributed by atoms with E-state index >= 15 is 0 Å². The molecule has 1 N–H and O–H groups in total. The lowest BCUT2D eigenvalue weighted by Gasteiger charge is -2.59. The largest absolute Gasteiger partial charge is 0.465 e. The molecule has 176 valence electrons. The zero-order chi connectivity index (χ0) is 23.5. The normalized spacial score (nSPS) is 32.6. The summed E-state index contributed by atoms with van der Waals surface area (Å²) in [4.78, 5) is 24.9. The van der Waals surface area contributed by atoms with Crippen molar-refractivity contribution in [2.45, 2.75) is 68.6 Å². The van der Waals surface area contributed by atoms with Crippen molar-refractivity contribution in [1.82, 2.24) is 0 Å². The Hall–Kier alpha value is -1.69. The number of halogens is 4. The van der Waals surface area contributed by atoms with Gasteiger partial charge in [-0.2, -0.15) is 26.0 Å². The quantitative estimate of drug-likeness (QED) is 0.249. The number of hydrogen-bond acceptors (Lipinski definition) is 6. The van der Waals surface area contributed by atoms with Crippen LogP contribution in [0.25, 0.3) is 0 Å². The van der Waals surface area contributed by atoms with E-state index in [2.05, 4.69) is 6.58 Å². The summed E-state index contributed by atoms with van der Waals surface area (Å²) in [6, 6.07) is 0. The van der Waals surface area contributed by atoms with Gasteiger partial charge < -0.3 is 9.47 Å². The molecule has 0 aliphatic heterocycles. The van der Waals surface area contributed by atoms with Crippen LogP contribution < -0.4 is 0 Å². The SMILES string of the molecule is C=C(C)C(=O)OC12CC3CC(C1)CC(C(=O)OCCC(F)(F)C(F)(F)S(=O)(=O)O)(C3)C2. The van der Waals surface area contributed by atoms with Gasteiger partial charge in [-0.1, -0.05) is 6.58 Å². The van der Waals surface area contributed by atoms with Gasteiger partial charge in [-0.05, 0) is 50.9 Å². The van der Waals surface area contributed by atoms with Crippen LogP contribution in [0, 0.1) is 17.3 Å². The summed E-state index contributed by atoms with van der Waals surface area (Å²) in [5.41, 5.74) is -1.77. The molecule has 0 saturated heterocycles. The molecule has 0 aromatic carbocycles. The van der Waals surface area contributed by atoms with Crippen molar-refractivity contribution in [1.29, 1.82) is 0 Å². The summed E-state index contributed by atoms with van der Waals surface area (Å²) < 4.78 is 93.9. The molecule has 0 spiro atoms. The van der Waals surface area contributed by atoms with Gasteiger partial charge in [-0.25, -0.2) is 4.79 Å². The van der Waals surface area contributed by atoms with Crippen molar-refractivity contribution in [3.05, 3.63) is 12.2 Å². The second-order valence-corrected chi connectivity index (χ2v) is 10.6. The lowest BCUT2D eigenvalue weighted by Crippen LogP contribution is -2.60. The summed E-state index contributed by atoms with van der Waals surface area (Å²) in [6.07, 6.45) is 1.14. The summed E-state index contributed by atoms with van der Waals surface area (Å²) in [7, 11) is -6.35. The minimum atomic E-state index is -6.35. The molecule has 0 aromatic heterocycles. The van der Waals surface area contributed by atoms with Crippen molar-refractivity contribution >= 4 is 22.1 Å². The number of carbonyl (C=O) groups is 2. The Morgan fingerprint density at radius 2 is 1.68 bits per heavy atom. The molecule has 2 atom stereocenters. The van der Waals surface area contributed by atoms with Crippen LogP contribution in [-0.2, 0) is 29.2 Å². The third kappa shape index (κ3) is 4.20. The van der Waals surface area contributed by atoms with Crippen molar-refractivity contribution < 1.29 is 49.6 Å². The van der Waals surface area contributed by atoms with Crippen LogP contribution in [0.5, 0.6) is 0 Å². The van der Waals surface area contributed by atoms with E-state index in [0.717, 1.165) is 6.42 Å². The van der Waals surface area contributed by atoms with E-state index in [1.165, 1.54) is 6.92 Å². The smallest absolute Gasteiger partial charge is 0.431 e. The lowest BCUT2D eigenvalue weighted by molar-refractivity contribution is -0.213. The van der Waals surface area contributed by atoms with E-state index in [9.17, 15) is 35.6 Å². The molecule has 31 heavy (non-hydrogen) atoms. The van der Waals surface area contributed by atoms with Crippen molar-refractivity contribution in [3.63, 3.8) is 0 Å². The molecular formula is C19H24F4O7S. The molecule has 4 saturated carbocycles. The first-order valence-corrected chi connectivity index (χ1v) is 11.3. The Labute approximate surface area is 176 Å². The molecule has 12 heteroatoms. The fourth-order valence-corrected chi connectivity index (χ4v) is 6.06. The fourth-order valence-electron chi connectivity index (χ4n) is 5.58. The van der Waals surface area contributed by atoms with Gasteiger partial charge in [0.25, 0.3) is 0 Å². The van der Waals surface area contributed by atoms with Gasteiger partial charge in [0.1, 0.15) is 5.60 Å². The third-order valence-electron chi connectivity index (χ3n) is 6.50. The highest BCUT2D eigenvalue weighted by molar-refractivity contribution is 7.87. The van der Waals surface area contributed by atoms with E-state index in [1.807, 2.05) is 0 Å². The molecule has 7 nitrogen and oxygen atoms in total. The highest BCUT2D eigenvalue weighted by Gasteiger charge is 2.66. The summed E-state index contributed by atoms with van der Waals surface area (Å²) in [6.45, 7) is 3.88. The first kappa shape index (κ1) is 24.0. The Morgan fingerprint density at radius 1 is 1.13 bits per heavy atom. The lowest BCUT2D eigenvalue weighted by atomic mass is 9.48. The van der Waals surface area contributed by atoms with Crippen LogP contribution in [-0.4, -0.2) is 48.3 Å². The molecule has 2 unspecified atom stereocenters. The second kappa shape index (κ2) is 7.43. The Kier molecular flexibility index (Phi) is 5.74. The topological polar surface area (TPSA) is 107 Å². The zero-order valence-corrected chi connectivity index (χ0v) is 17.7. The molecule has 4 bridgehead atoms. The van der Waals surface area contributed by atoms with Crippen LogP contribution in [0.15, 0.2) is 12.2 Å². The van der Waals surface area contributed by atoms with E-state index < -0.39 is 57.3 Å². The molecule has 0 radical (unpaired) electrons. The maximum atomic E-state index is 13.6. The first-order valence-electron chi connectivity index (χ1n) is 9.81. The van der Waals surface area contributed by atoms with Crippen molar-refractivity contribution in [2.24, 2.45) is 17.3 Å². The van der Waals surface area contributed by atoms with Gasteiger partial charge in [-0.15, -0.1) is 0 Å². The molecule has 4 aliphatic carbocycles. The minimum Gasteiger partial charge on any atom is -0.465 e. The highest BCUT2D eigenvalue weighted by Crippen LogP contribution is 2.63. The molecule has 4 fully saturated rings. The third-order valence-corrected chi connectivity index (χ3v) is 7.44. The standard InChI is InChI=1S/C19H24F4O7S/c1-11(2)14(24)30-17-8-12-5-13(9-17)7-16(6-12,10-17)15(25)29-4-3-18(20,21)19(22,23)31(26,27)28/h12-13H,1,3-10H2,2H3,(H,26,27,28). The monoisotopic (exact) mass is 472 g/mol. The van der Waals surface area contributed by atoms with E-state index in [4.69, 9.17) is 14.0 Å². The van der Waals surface area contributed by atoms with Gasteiger partial charge in [-0.3, -0.25) is 9.35 Å². The maximum absolute atomic E-state index is 13.6. The Morgan fingerprint density at radius 3 is 2.16 bits per heavy atom. The van der Waals surface area contributed by atoms with Crippen LogP contribution in [0.1, 0.15) is 51.9 Å². The Balaban J connectivity index is 1.69. The number of carbonyl (C=O) groups excluding carboxylic acids is 2. The predicted molar refractivity (Wildman–Crippen MR) is 97.8 cm³/mol. The summed E-state index contributed by atoms with van der Waals surface area (Å²) in [5, 5.41) is -5.71. The highest BCUT2D eigenvalue weighted by atomic mass is 32.2. The molecule has 0 heterocycles. The molecule has 4 aliphatic rings. The number of esters is 2. The Bertz CT molecular complexity index is 885.